The molecule has 1 aromatic carbocycles. The number of hydrogen-bond acceptors (Lipinski definition) is 4. The van der Waals surface area contributed by atoms with Crippen LogP contribution in [0.2, 0.25) is 0 Å². The van der Waals surface area contributed by atoms with Gasteiger partial charge in [0.05, 0.1) is 18.9 Å². The molecule has 0 spiro atoms. The van der Waals surface area contributed by atoms with E-state index in [1.54, 1.807) is 24.5 Å². The number of methoxy groups -OCH3 is 1. The summed E-state index contributed by atoms with van der Waals surface area (Å²) in [4.78, 5) is 15.2. The molecular formula is C14H13NO3. The third-order valence-electron chi connectivity index (χ3n) is 2.41. The third-order valence-corrected chi connectivity index (χ3v) is 2.41. The molecule has 0 saturated heterocycles. The molecule has 2 rings (SSSR count). The van der Waals surface area contributed by atoms with Gasteiger partial charge in [-0.2, -0.15) is 0 Å². The van der Waals surface area contributed by atoms with Gasteiger partial charge in [-0.25, -0.2) is 4.79 Å². The molecule has 1 heterocycles. The number of ether oxygens (including phenoxy) is 2. The second kappa shape index (κ2) is 5.82. The second-order valence-corrected chi connectivity index (χ2v) is 3.67. The van der Waals surface area contributed by atoms with Crippen molar-refractivity contribution in [2.75, 3.05) is 7.11 Å². The first-order valence-corrected chi connectivity index (χ1v) is 5.49. The molecule has 0 saturated carbocycles. The molecule has 0 fully saturated rings. The van der Waals surface area contributed by atoms with Gasteiger partial charge in [0, 0.05) is 6.20 Å². The summed E-state index contributed by atoms with van der Waals surface area (Å²) in [7, 11) is 1.36. The van der Waals surface area contributed by atoms with Gasteiger partial charge >= 0.3 is 5.97 Å². The van der Waals surface area contributed by atoms with Crippen LogP contribution in [-0.4, -0.2) is 18.1 Å². The van der Waals surface area contributed by atoms with Crippen LogP contribution in [0.4, 0.5) is 0 Å². The first-order valence-electron chi connectivity index (χ1n) is 5.49. The molecule has 0 radical (unpaired) electrons. The highest BCUT2D eigenvalue weighted by atomic mass is 16.5. The molecule has 0 atom stereocenters. The Balaban J connectivity index is 1.97. The summed E-state index contributed by atoms with van der Waals surface area (Å²) >= 11 is 0. The van der Waals surface area contributed by atoms with E-state index in [-0.39, 0.29) is 5.97 Å². The minimum atomic E-state index is -0.338. The number of carbonyl (C=O) groups is 1. The lowest BCUT2D eigenvalue weighted by Crippen LogP contribution is -2.02. The number of carbonyl (C=O) groups excluding carboxylic acids is 1. The molecule has 0 N–H and O–H groups in total. The van der Waals surface area contributed by atoms with Gasteiger partial charge in [0.2, 0.25) is 0 Å². The number of nitrogens with zero attached hydrogens (tertiary/aromatic N) is 1. The van der Waals surface area contributed by atoms with Crippen LogP contribution in [0.5, 0.6) is 5.75 Å². The van der Waals surface area contributed by atoms with Crippen LogP contribution < -0.4 is 4.74 Å². The first kappa shape index (κ1) is 12.1. The van der Waals surface area contributed by atoms with Crippen molar-refractivity contribution in [3.63, 3.8) is 0 Å². The fraction of sp³-hybridized carbons (Fsp3) is 0.143. The number of aromatic nitrogens is 1. The van der Waals surface area contributed by atoms with Crippen molar-refractivity contribution in [3.8, 4) is 5.75 Å². The van der Waals surface area contributed by atoms with Crippen LogP contribution in [0.3, 0.4) is 0 Å². The van der Waals surface area contributed by atoms with Crippen molar-refractivity contribution < 1.29 is 14.3 Å². The van der Waals surface area contributed by atoms with Crippen molar-refractivity contribution in [2.45, 2.75) is 6.61 Å². The van der Waals surface area contributed by atoms with E-state index in [1.165, 1.54) is 7.11 Å². The van der Waals surface area contributed by atoms with E-state index in [0.29, 0.717) is 12.2 Å². The molecule has 0 amide bonds. The normalized spacial score (nSPS) is 9.83. The summed E-state index contributed by atoms with van der Waals surface area (Å²) in [6.45, 7) is 0.438. The minimum absolute atomic E-state index is 0.338. The average molecular weight is 243 g/mol. The Morgan fingerprint density at radius 1 is 1.22 bits per heavy atom. The highest BCUT2D eigenvalue weighted by Crippen LogP contribution is 2.11. The average Bonchev–Trinajstić information content (AvgIpc) is 2.46. The van der Waals surface area contributed by atoms with Crippen LogP contribution in [0.1, 0.15) is 15.9 Å². The molecule has 1 aromatic heterocycles. The van der Waals surface area contributed by atoms with Crippen molar-refractivity contribution in [3.05, 3.63) is 59.9 Å². The molecule has 92 valence electrons. The topological polar surface area (TPSA) is 48.4 Å². The summed E-state index contributed by atoms with van der Waals surface area (Å²) in [6.07, 6.45) is 3.35. The lowest BCUT2D eigenvalue weighted by Gasteiger charge is -2.06. The van der Waals surface area contributed by atoms with Crippen LogP contribution in [0, 0.1) is 0 Å². The fourth-order valence-electron chi connectivity index (χ4n) is 1.45. The highest BCUT2D eigenvalue weighted by molar-refractivity contribution is 5.89. The summed E-state index contributed by atoms with van der Waals surface area (Å²) in [5.41, 5.74) is 1.51. The van der Waals surface area contributed by atoms with Crippen LogP contribution in [0.15, 0.2) is 48.8 Å². The third kappa shape index (κ3) is 3.07. The van der Waals surface area contributed by atoms with Gasteiger partial charge < -0.3 is 9.47 Å². The maximum absolute atomic E-state index is 11.2. The van der Waals surface area contributed by atoms with E-state index >= 15 is 0 Å². The zero-order valence-electron chi connectivity index (χ0n) is 10.00. The largest absolute Gasteiger partial charge is 0.487 e. The SMILES string of the molecule is COC(=O)c1ccc(COc2cccnc2)cc1. The van der Waals surface area contributed by atoms with Crippen molar-refractivity contribution in [1.82, 2.24) is 4.98 Å². The number of pyridine rings is 1. The van der Waals surface area contributed by atoms with Crippen molar-refractivity contribution in [2.24, 2.45) is 0 Å². The molecule has 18 heavy (non-hydrogen) atoms. The molecule has 4 nitrogen and oxygen atoms in total. The second-order valence-electron chi connectivity index (χ2n) is 3.67. The lowest BCUT2D eigenvalue weighted by molar-refractivity contribution is 0.0600. The van der Waals surface area contributed by atoms with Crippen LogP contribution in [-0.2, 0) is 11.3 Å². The molecule has 0 aliphatic rings. The fourth-order valence-corrected chi connectivity index (χ4v) is 1.45. The zero-order chi connectivity index (χ0) is 12.8. The van der Waals surface area contributed by atoms with E-state index in [1.807, 2.05) is 24.3 Å². The van der Waals surface area contributed by atoms with Gasteiger partial charge in [-0.05, 0) is 29.8 Å². The molecule has 0 bridgehead atoms. The predicted molar refractivity (Wildman–Crippen MR) is 66.4 cm³/mol. The molecular weight excluding hydrogens is 230 g/mol. The molecule has 4 heteroatoms. The summed E-state index contributed by atoms with van der Waals surface area (Å²) in [5.74, 6) is 0.379. The van der Waals surface area contributed by atoms with Gasteiger partial charge in [0.1, 0.15) is 12.4 Å². The number of hydrogen-bond donors (Lipinski definition) is 0. The predicted octanol–water partition coefficient (Wildman–Crippen LogP) is 2.45. The van der Waals surface area contributed by atoms with Crippen LogP contribution >= 0.6 is 0 Å². The van der Waals surface area contributed by atoms with E-state index in [4.69, 9.17) is 4.74 Å². The Hall–Kier alpha value is -2.36. The maximum atomic E-state index is 11.2. The number of esters is 1. The Morgan fingerprint density at radius 2 is 2.00 bits per heavy atom. The van der Waals surface area contributed by atoms with Crippen LogP contribution in [0.25, 0.3) is 0 Å². The van der Waals surface area contributed by atoms with E-state index < -0.39 is 0 Å². The first-order chi connectivity index (χ1) is 8.79. The molecule has 0 aliphatic heterocycles. The Labute approximate surface area is 105 Å². The summed E-state index contributed by atoms with van der Waals surface area (Å²) in [6, 6.07) is 10.8. The van der Waals surface area contributed by atoms with E-state index in [2.05, 4.69) is 9.72 Å². The summed E-state index contributed by atoms with van der Waals surface area (Å²) in [5, 5.41) is 0. The lowest BCUT2D eigenvalue weighted by atomic mass is 10.1. The Morgan fingerprint density at radius 3 is 2.61 bits per heavy atom. The number of rotatable bonds is 4. The number of benzene rings is 1. The standard InChI is InChI=1S/C14H13NO3/c1-17-14(16)12-6-4-11(5-7-12)10-18-13-3-2-8-15-9-13/h2-9H,10H2,1H3. The van der Waals surface area contributed by atoms with Gasteiger partial charge in [0.25, 0.3) is 0 Å². The Bertz CT molecular complexity index is 508. The molecule has 0 aliphatic carbocycles. The van der Waals surface area contributed by atoms with Gasteiger partial charge in [-0.3, -0.25) is 4.98 Å². The van der Waals surface area contributed by atoms with Gasteiger partial charge in [-0.15, -0.1) is 0 Å². The highest BCUT2D eigenvalue weighted by Gasteiger charge is 2.04. The Kier molecular flexibility index (Phi) is 3.91. The van der Waals surface area contributed by atoms with Gasteiger partial charge in [0.15, 0.2) is 0 Å². The van der Waals surface area contributed by atoms with E-state index in [9.17, 15) is 4.79 Å². The quantitative estimate of drug-likeness (QED) is 0.774. The summed E-state index contributed by atoms with van der Waals surface area (Å²) < 4.78 is 10.2. The van der Waals surface area contributed by atoms with Gasteiger partial charge in [-0.1, -0.05) is 12.1 Å². The van der Waals surface area contributed by atoms with Crippen molar-refractivity contribution >= 4 is 5.97 Å². The monoisotopic (exact) mass is 243 g/mol. The molecule has 0 unspecified atom stereocenters. The van der Waals surface area contributed by atoms with E-state index in [0.717, 1.165) is 11.3 Å². The molecule has 2 aromatic rings. The van der Waals surface area contributed by atoms with Crippen molar-refractivity contribution in [1.29, 1.82) is 0 Å². The smallest absolute Gasteiger partial charge is 0.337 e. The minimum Gasteiger partial charge on any atom is -0.487 e. The maximum Gasteiger partial charge on any atom is 0.337 e. The zero-order valence-corrected chi connectivity index (χ0v) is 10.00.